The normalized spacial score (nSPS) is 51.3. The second-order valence-corrected chi connectivity index (χ2v) is 9.19. The fraction of sp³-hybridized carbons (Fsp3) is 1.00. The van der Waals surface area contributed by atoms with E-state index >= 15 is 0 Å². The van der Waals surface area contributed by atoms with Crippen molar-refractivity contribution in [2.45, 2.75) is 119 Å². The summed E-state index contributed by atoms with van der Waals surface area (Å²) in [7, 11) is 0. The van der Waals surface area contributed by atoms with Crippen LogP contribution in [0.4, 0.5) is 0 Å². The summed E-state index contributed by atoms with van der Waals surface area (Å²) in [4.78, 5) is 0. The fourth-order valence-electron chi connectivity index (χ4n) is 4.19. The first-order valence-electron chi connectivity index (χ1n) is 11.8. The zero-order chi connectivity index (χ0) is 26.0. The number of rotatable bonds is 8. The lowest BCUT2D eigenvalue weighted by Crippen LogP contribution is -2.64. The van der Waals surface area contributed by atoms with Gasteiger partial charge in [0.05, 0.1) is 18.8 Å². The van der Waals surface area contributed by atoms with Gasteiger partial charge in [-0.2, -0.15) is 0 Å². The maximum Gasteiger partial charge on any atom is 0.187 e. The average Bonchev–Trinajstić information content (AvgIpc) is 2.83. The van der Waals surface area contributed by atoms with E-state index in [1.54, 1.807) is 0 Å². The van der Waals surface area contributed by atoms with Crippen LogP contribution >= 0.6 is 0 Å². The highest BCUT2D eigenvalue weighted by molar-refractivity contribution is 4.94. The number of ether oxygens (including phenoxy) is 6. The largest absolute Gasteiger partial charge is 0.388 e. The Morgan fingerprint density at radius 2 is 1.09 bits per heavy atom. The Morgan fingerprint density at radius 3 is 1.66 bits per heavy atom. The SMILES string of the molecule is CCCO[C@H]1O[C@H](CO[C@@H]2O[C@@H](C)[C@@H](O)[C@H](O)[C@@H]2O)[C@@H](O)[C@H](O[C@@H]2O[C@@H](C)[C@@H](O)[C@@H](O)[C@@H]2O)[C@@H]1O. The van der Waals surface area contributed by atoms with Crippen LogP contribution in [0.3, 0.4) is 0 Å². The molecule has 3 rings (SSSR count). The lowest BCUT2D eigenvalue weighted by molar-refractivity contribution is -0.363. The number of hydrogen-bond donors (Lipinski definition) is 8. The summed E-state index contributed by atoms with van der Waals surface area (Å²) in [5.74, 6) is 0. The molecule has 15 atom stereocenters. The summed E-state index contributed by atoms with van der Waals surface area (Å²) in [6, 6.07) is 0. The van der Waals surface area contributed by atoms with Crippen LogP contribution < -0.4 is 0 Å². The highest BCUT2D eigenvalue weighted by Gasteiger charge is 2.51. The van der Waals surface area contributed by atoms with Gasteiger partial charge in [-0.25, -0.2) is 0 Å². The molecule has 0 aliphatic carbocycles. The zero-order valence-corrected chi connectivity index (χ0v) is 19.8. The van der Waals surface area contributed by atoms with Crippen LogP contribution in [-0.4, -0.2) is 146 Å². The third-order valence-electron chi connectivity index (χ3n) is 6.46. The molecule has 3 aliphatic heterocycles. The molecule has 8 N–H and O–H groups in total. The van der Waals surface area contributed by atoms with E-state index in [1.165, 1.54) is 13.8 Å². The molecule has 0 saturated carbocycles. The molecule has 0 radical (unpaired) electrons. The van der Waals surface area contributed by atoms with E-state index < -0.39 is 98.7 Å². The van der Waals surface area contributed by atoms with Crippen molar-refractivity contribution in [2.75, 3.05) is 13.2 Å². The molecule has 206 valence electrons. The second-order valence-electron chi connectivity index (χ2n) is 9.19. The van der Waals surface area contributed by atoms with E-state index in [0.717, 1.165) is 0 Å². The van der Waals surface area contributed by atoms with E-state index in [-0.39, 0.29) is 6.61 Å². The molecular weight excluding hydrogens is 476 g/mol. The molecule has 14 nitrogen and oxygen atoms in total. The smallest absolute Gasteiger partial charge is 0.187 e. The van der Waals surface area contributed by atoms with Gasteiger partial charge in [0.25, 0.3) is 0 Å². The Balaban J connectivity index is 1.71. The van der Waals surface area contributed by atoms with Gasteiger partial charge in [0.1, 0.15) is 61.0 Å². The van der Waals surface area contributed by atoms with Gasteiger partial charge in [0.15, 0.2) is 18.9 Å². The Kier molecular flexibility index (Phi) is 10.2. The number of aliphatic hydroxyl groups excluding tert-OH is 8. The van der Waals surface area contributed by atoms with Gasteiger partial charge in [0.2, 0.25) is 0 Å². The predicted molar refractivity (Wildman–Crippen MR) is 112 cm³/mol. The quantitative estimate of drug-likeness (QED) is 0.155. The van der Waals surface area contributed by atoms with Crippen LogP contribution in [0, 0.1) is 0 Å². The van der Waals surface area contributed by atoms with Crippen molar-refractivity contribution in [1.29, 1.82) is 0 Å². The molecule has 0 aromatic rings. The molecule has 0 bridgehead atoms. The molecule has 3 heterocycles. The number of hydrogen-bond acceptors (Lipinski definition) is 14. The van der Waals surface area contributed by atoms with Gasteiger partial charge in [-0.05, 0) is 20.3 Å². The predicted octanol–water partition coefficient (Wildman–Crippen LogP) is -4.08. The van der Waals surface area contributed by atoms with Gasteiger partial charge < -0.3 is 69.3 Å². The summed E-state index contributed by atoms with van der Waals surface area (Å²) in [5.41, 5.74) is 0. The van der Waals surface area contributed by atoms with Crippen molar-refractivity contribution < 1.29 is 69.3 Å². The van der Waals surface area contributed by atoms with E-state index in [0.29, 0.717) is 6.42 Å². The summed E-state index contributed by atoms with van der Waals surface area (Å²) in [6.07, 6.45) is -20.0. The minimum absolute atomic E-state index is 0.203. The lowest BCUT2D eigenvalue weighted by atomic mass is 9.97. The minimum atomic E-state index is -1.67. The van der Waals surface area contributed by atoms with Crippen LogP contribution in [0.5, 0.6) is 0 Å². The molecule has 0 amide bonds. The summed E-state index contributed by atoms with van der Waals surface area (Å²) in [5, 5.41) is 81.8. The third kappa shape index (κ3) is 6.30. The highest BCUT2D eigenvalue weighted by atomic mass is 16.7. The highest BCUT2D eigenvalue weighted by Crippen LogP contribution is 2.30. The van der Waals surface area contributed by atoms with E-state index in [9.17, 15) is 40.9 Å². The lowest BCUT2D eigenvalue weighted by Gasteiger charge is -2.46. The third-order valence-corrected chi connectivity index (χ3v) is 6.46. The Bertz CT molecular complexity index is 656. The first-order valence-corrected chi connectivity index (χ1v) is 11.8. The molecule has 0 aromatic carbocycles. The summed E-state index contributed by atoms with van der Waals surface area (Å²) < 4.78 is 33.1. The van der Waals surface area contributed by atoms with Crippen molar-refractivity contribution >= 4 is 0 Å². The molecule has 35 heavy (non-hydrogen) atoms. The van der Waals surface area contributed by atoms with Crippen LogP contribution in [0.25, 0.3) is 0 Å². The van der Waals surface area contributed by atoms with E-state index in [1.807, 2.05) is 6.92 Å². The van der Waals surface area contributed by atoms with Crippen LogP contribution in [-0.2, 0) is 28.4 Å². The molecule has 3 fully saturated rings. The minimum Gasteiger partial charge on any atom is -0.388 e. The van der Waals surface area contributed by atoms with Crippen molar-refractivity contribution in [3.63, 3.8) is 0 Å². The monoisotopic (exact) mass is 514 g/mol. The van der Waals surface area contributed by atoms with E-state index in [2.05, 4.69) is 0 Å². The molecule has 3 aliphatic rings. The van der Waals surface area contributed by atoms with Gasteiger partial charge in [-0.3, -0.25) is 0 Å². The maximum absolute atomic E-state index is 10.9. The Morgan fingerprint density at radius 1 is 0.571 bits per heavy atom. The molecule has 3 saturated heterocycles. The van der Waals surface area contributed by atoms with E-state index in [4.69, 9.17) is 28.4 Å². The summed E-state index contributed by atoms with van der Waals surface area (Å²) >= 11 is 0. The van der Waals surface area contributed by atoms with Gasteiger partial charge in [-0.1, -0.05) is 6.92 Å². The molecule has 0 spiro atoms. The van der Waals surface area contributed by atoms with Gasteiger partial charge >= 0.3 is 0 Å². The molecule has 0 aromatic heterocycles. The van der Waals surface area contributed by atoms with Crippen molar-refractivity contribution in [1.82, 2.24) is 0 Å². The van der Waals surface area contributed by atoms with Crippen LogP contribution in [0.15, 0.2) is 0 Å². The second kappa shape index (κ2) is 12.3. The molecule has 0 unspecified atom stereocenters. The first-order chi connectivity index (χ1) is 16.5. The van der Waals surface area contributed by atoms with Crippen molar-refractivity contribution in [3.8, 4) is 0 Å². The molecular formula is C21H38O14. The van der Waals surface area contributed by atoms with Gasteiger partial charge in [0, 0.05) is 6.61 Å². The topological polar surface area (TPSA) is 217 Å². The van der Waals surface area contributed by atoms with Gasteiger partial charge in [-0.15, -0.1) is 0 Å². The average molecular weight is 515 g/mol. The first kappa shape index (κ1) is 29.0. The molecule has 14 heteroatoms. The standard InChI is InChI=1S/C21H38O14/c1-4-5-30-20-17(29)18(35-21-16(28)14(26)11(23)8(3)33-21)12(24)9(34-20)6-31-19-15(27)13(25)10(22)7(2)32-19/h7-29H,4-6H2,1-3H3/t7-,8-,9+,10+,11+,12+,13-,14+,15-,16-,17-,18-,19+,20-,21-/m0/s1. The van der Waals surface area contributed by atoms with Crippen molar-refractivity contribution in [3.05, 3.63) is 0 Å². The van der Waals surface area contributed by atoms with Crippen LogP contribution in [0.1, 0.15) is 27.2 Å². The Hall–Kier alpha value is -0.560. The zero-order valence-electron chi connectivity index (χ0n) is 19.8. The fourth-order valence-corrected chi connectivity index (χ4v) is 4.19. The maximum atomic E-state index is 10.9. The Labute approximate surface area is 202 Å². The summed E-state index contributed by atoms with van der Waals surface area (Å²) in [6.45, 7) is 4.58. The van der Waals surface area contributed by atoms with Crippen LogP contribution in [0.2, 0.25) is 0 Å². The number of aliphatic hydroxyl groups is 8. The van der Waals surface area contributed by atoms with Crippen molar-refractivity contribution in [2.24, 2.45) is 0 Å².